The molecule has 2 aromatic rings. The lowest BCUT2D eigenvalue weighted by atomic mass is 10.4. The molecule has 15 heavy (non-hydrogen) atoms. The second-order valence-electron chi connectivity index (χ2n) is 3.30. The molecule has 1 N–H and O–H groups in total. The highest BCUT2D eigenvalue weighted by molar-refractivity contribution is 4.94. The Kier molecular flexibility index (Phi) is 2.77. The molecule has 0 aliphatic heterocycles. The summed E-state index contributed by atoms with van der Waals surface area (Å²) >= 11 is 0. The maximum atomic E-state index is 4.95. The summed E-state index contributed by atoms with van der Waals surface area (Å²) in [5.41, 5.74) is 0. The van der Waals surface area contributed by atoms with Crippen LogP contribution in [0.25, 0.3) is 0 Å². The van der Waals surface area contributed by atoms with Gasteiger partial charge < -0.3 is 14.4 Å². The number of hydrogen-bond acceptors (Lipinski definition) is 5. The first-order valence-corrected chi connectivity index (χ1v) is 4.72. The van der Waals surface area contributed by atoms with Gasteiger partial charge in [0.15, 0.2) is 0 Å². The molecule has 0 amide bonds. The van der Waals surface area contributed by atoms with Crippen LogP contribution >= 0.6 is 0 Å². The first kappa shape index (κ1) is 9.85. The van der Waals surface area contributed by atoms with E-state index in [9.17, 15) is 0 Å². The predicted molar refractivity (Wildman–Crippen MR) is 52.8 cm³/mol. The minimum Gasteiger partial charge on any atom is -0.360 e. The molecule has 2 heterocycles. The summed E-state index contributed by atoms with van der Waals surface area (Å²) in [5.74, 6) is 2.63. The van der Waals surface area contributed by atoms with Gasteiger partial charge in [0.2, 0.25) is 0 Å². The first-order valence-electron chi connectivity index (χ1n) is 4.72. The van der Waals surface area contributed by atoms with Crippen molar-refractivity contribution in [3.8, 4) is 0 Å². The first-order chi connectivity index (χ1) is 7.27. The van der Waals surface area contributed by atoms with Crippen molar-refractivity contribution in [1.29, 1.82) is 0 Å². The molecule has 0 unspecified atom stereocenters. The van der Waals surface area contributed by atoms with E-state index in [1.807, 2.05) is 24.6 Å². The van der Waals surface area contributed by atoms with Gasteiger partial charge in [-0.1, -0.05) is 5.16 Å². The van der Waals surface area contributed by atoms with Crippen LogP contribution in [-0.2, 0) is 20.1 Å². The quantitative estimate of drug-likeness (QED) is 0.786. The SMILES string of the molecule is Cc1nnc(CNCc2ccno2)n1C. The van der Waals surface area contributed by atoms with Crippen LogP contribution in [0.1, 0.15) is 17.4 Å². The normalized spacial score (nSPS) is 10.8. The van der Waals surface area contributed by atoms with Crippen LogP contribution < -0.4 is 5.32 Å². The maximum Gasteiger partial charge on any atom is 0.150 e. The Hall–Kier alpha value is -1.69. The van der Waals surface area contributed by atoms with Gasteiger partial charge in [-0.05, 0) is 6.92 Å². The van der Waals surface area contributed by atoms with Gasteiger partial charge in [-0.25, -0.2) is 0 Å². The van der Waals surface area contributed by atoms with Gasteiger partial charge in [0.1, 0.15) is 17.4 Å². The van der Waals surface area contributed by atoms with Crippen molar-refractivity contribution in [1.82, 2.24) is 25.2 Å². The molecule has 0 atom stereocenters. The average molecular weight is 207 g/mol. The van der Waals surface area contributed by atoms with Crippen molar-refractivity contribution in [2.45, 2.75) is 20.0 Å². The number of hydrogen-bond donors (Lipinski definition) is 1. The Balaban J connectivity index is 1.86. The maximum absolute atomic E-state index is 4.95. The van der Waals surface area contributed by atoms with Crippen molar-refractivity contribution in [3.05, 3.63) is 29.7 Å². The molecular formula is C9H13N5O. The third kappa shape index (κ3) is 2.21. The molecule has 80 valence electrons. The summed E-state index contributed by atoms with van der Waals surface area (Å²) in [4.78, 5) is 0. The van der Waals surface area contributed by atoms with Crippen LogP contribution in [0.15, 0.2) is 16.8 Å². The van der Waals surface area contributed by atoms with E-state index in [0.29, 0.717) is 13.1 Å². The zero-order chi connectivity index (χ0) is 10.7. The lowest BCUT2D eigenvalue weighted by molar-refractivity contribution is 0.371. The van der Waals surface area contributed by atoms with Crippen molar-refractivity contribution in [3.63, 3.8) is 0 Å². The highest BCUT2D eigenvalue weighted by Gasteiger charge is 2.04. The molecule has 0 radical (unpaired) electrons. The van der Waals surface area contributed by atoms with E-state index >= 15 is 0 Å². The highest BCUT2D eigenvalue weighted by atomic mass is 16.5. The van der Waals surface area contributed by atoms with Crippen LogP contribution in [0.5, 0.6) is 0 Å². The van der Waals surface area contributed by atoms with Crippen LogP contribution in [-0.4, -0.2) is 19.9 Å². The number of aryl methyl sites for hydroxylation is 1. The fraction of sp³-hybridized carbons (Fsp3) is 0.444. The Morgan fingerprint density at radius 2 is 2.27 bits per heavy atom. The fourth-order valence-electron chi connectivity index (χ4n) is 1.24. The molecular weight excluding hydrogens is 194 g/mol. The van der Waals surface area contributed by atoms with Gasteiger partial charge in [-0.2, -0.15) is 0 Å². The van der Waals surface area contributed by atoms with Crippen molar-refractivity contribution in [2.75, 3.05) is 0 Å². The summed E-state index contributed by atoms with van der Waals surface area (Å²) < 4.78 is 6.90. The van der Waals surface area contributed by atoms with Crippen molar-refractivity contribution < 1.29 is 4.52 Å². The van der Waals surface area contributed by atoms with E-state index in [4.69, 9.17) is 4.52 Å². The Morgan fingerprint density at radius 1 is 1.40 bits per heavy atom. The number of aromatic nitrogens is 4. The molecule has 0 spiro atoms. The Labute approximate surface area is 87.3 Å². The van der Waals surface area contributed by atoms with Crippen molar-refractivity contribution in [2.24, 2.45) is 7.05 Å². The summed E-state index contributed by atoms with van der Waals surface area (Å²) in [6.07, 6.45) is 1.63. The molecule has 6 heteroatoms. The van der Waals surface area contributed by atoms with Gasteiger partial charge in [0.25, 0.3) is 0 Å². The number of rotatable bonds is 4. The second kappa shape index (κ2) is 4.22. The molecule has 0 aliphatic rings. The minimum absolute atomic E-state index is 0.645. The molecule has 0 aromatic carbocycles. The molecule has 0 saturated heterocycles. The second-order valence-corrected chi connectivity index (χ2v) is 3.30. The van der Waals surface area contributed by atoms with E-state index in [1.54, 1.807) is 6.20 Å². The van der Waals surface area contributed by atoms with E-state index in [-0.39, 0.29) is 0 Å². The van der Waals surface area contributed by atoms with Gasteiger partial charge in [0, 0.05) is 13.1 Å². The van der Waals surface area contributed by atoms with E-state index in [0.717, 1.165) is 17.4 Å². The summed E-state index contributed by atoms with van der Waals surface area (Å²) in [6.45, 7) is 3.23. The van der Waals surface area contributed by atoms with Gasteiger partial charge in [-0.15, -0.1) is 10.2 Å². The lowest BCUT2D eigenvalue weighted by Gasteiger charge is -2.02. The largest absolute Gasteiger partial charge is 0.360 e. The van der Waals surface area contributed by atoms with Crippen LogP contribution in [0.3, 0.4) is 0 Å². The van der Waals surface area contributed by atoms with Crippen LogP contribution in [0.2, 0.25) is 0 Å². The Morgan fingerprint density at radius 3 is 2.87 bits per heavy atom. The molecule has 2 aromatic heterocycles. The topological polar surface area (TPSA) is 68.8 Å². The molecule has 6 nitrogen and oxygen atoms in total. The summed E-state index contributed by atoms with van der Waals surface area (Å²) in [6, 6.07) is 1.83. The zero-order valence-corrected chi connectivity index (χ0v) is 8.77. The molecule has 0 fully saturated rings. The van der Waals surface area contributed by atoms with Gasteiger partial charge in [0.05, 0.1) is 19.3 Å². The summed E-state index contributed by atoms with van der Waals surface area (Å²) in [7, 11) is 1.95. The number of nitrogens with zero attached hydrogens (tertiary/aromatic N) is 4. The molecule has 2 rings (SSSR count). The van der Waals surface area contributed by atoms with Crippen LogP contribution in [0.4, 0.5) is 0 Å². The monoisotopic (exact) mass is 207 g/mol. The molecule has 0 saturated carbocycles. The predicted octanol–water partition coefficient (Wildman–Crippen LogP) is 0.401. The highest BCUT2D eigenvalue weighted by Crippen LogP contribution is 1.99. The van der Waals surface area contributed by atoms with Crippen LogP contribution in [0, 0.1) is 6.92 Å². The summed E-state index contributed by atoms with van der Waals surface area (Å²) in [5, 5.41) is 14.8. The number of nitrogens with one attached hydrogen (secondary N) is 1. The van der Waals surface area contributed by atoms with Crippen molar-refractivity contribution >= 4 is 0 Å². The standard InChI is InChI=1S/C9H13N5O/c1-7-12-13-9(14(7)2)6-10-5-8-3-4-11-15-8/h3-4,10H,5-6H2,1-2H3. The Bertz CT molecular complexity index is 420. The molecule has 0 aliphatic carbocycles. The van der Waals surface area contributed by atoms with E-state index in [1.165, 1.54) is 0 Å². The van der Waals surface area contributed by atoms with Gasteiger partial charge in [-0.3, -0.25) is 0 Å². The zero-order valence-electron chi connectivity index (χ0n) is 8.77. The third-order valence-corrected chi connectivity index (χ3v) is 2.26. The minimum atomic E-state index is 0.645. The lowest BCUT2D eigenvalue weighted by Crippen LogP contribution is -2.15. The van der Waals surface area contributed by atoms with Gasteiger partial charge >= 0.3 is 0 Å². The molecule has 0 bridgehead atoms. The van der Waals surface area contributed by atoms with E-state index < -0.39 is 0 Å². The van der Waals surface area contributed by atoms with E-state index in [2.05, 4.69) is 20.7 Å². The third-order valence-electron chi connectivity index (χ3n) is 2.26. The average Bonchev–Trinajstić information content (AvgIpc) is 2.83. The smallest absolute Gasteiger partial charge is 0.150 e. The fourth-order valence-corrected chi connectivity index (χ4v) is 1.24.